The summed E-state index contributed by atoms with van der Waals surface area (Å²) in [6.45, 7) is 2.53. The molecule has 0 spiro atoms. The Hall–Kier alpha value is -1.24. The van der Waals surface area contributed by atoms with E-state index >= 15 is 0 Å². The number of benzene rings is 1. The van der Waals surface area contributed by atoms with E-state index in [4.69, 9.17) is 9.47 Å². The van der Waals surface area contributed by atoms with E-state index in [0.29, 0.717) is 6.61 Å². The summed E-state index contributed by atoms with van der Waals surface area (Å²) in [4.78, 5) is 0. The molecular formula is C13H19F2NO3. The van der Waals surface area contributed by atoms with E-state index in [-0.39, 0.29) is 24.9 Å². The molecule has 0 amide bonds. The number of hydrogen-bond acceptors (Lipinski definition) is 4. The average molecular weight is 275 g/mol. The van der Waals surface area contributed by atoms with Crippen LogP contribution in [0.3, 0.4) is 0 Å². The second-order valence-corrected chi connectivity index (χ2v) is 4.29. The van der Waals surface area contributed by atoms with Gasteiger partial charge < -0.3 is 19.9 Å². The van der Waals surface area contributed by atoms with Crippen molar-refractivity contribution in [1.82, 2.24) is 0 Å². The number of anilines is 1. The fraction of sp³-hybridized carbons (Fsp3) is 0.538. The lowest BCUT2D eigenvalue weighted by atomic mass is 10.3. The van der Waals surface area contributed by atoms with Crippen LogP contribution < -0.4 is 5.32 Å². The lowest BCUT2D eigenvalue weighted by molar-refractivity contribution is -0.0282. The molecule has 108 valence electrons. The van der Waals surface area contributed by atoms with Gasteiger partial charge in [0.05, 0.1) is 25.4 Å². The summed E-state index contributed by atoms with van der Waals surface area (Å²) in [7, 11) is 1.57. The standard InChI is InChI=1S/C13H19F2NO3/c1-9(7-18-2)19-8-13(17)6-16-12-4-10(14)3-11(15)5-12/h3-5,9,13,16-17H,6-8H2,1-2H3. The molecular weight excluding hydrogens is 256 g/mol. The van der Waals surface area contributed by atoms with Crippen LogP contribution in [0.15, 0.2) is 18.2 Å². The highest BCUT2D eigenvalue weighted by Gasteiger charge is 2.08. The number of halogens is 2. The Bertz CT molecular complexity index is 370. The largest absolute Gasteiger partial charge is 0.389 e. The molecule has 1 aromatic rings. The maximum absolute atomic E-state index is 12.9. The lowest BCUT2D eigenvalue weighted by Crippen LogP contribution is -2.28. The second kappa shape index (κ2) is 8.04. The normalized spacial score (nSPS) is 14.2. The number of nitrogens with one attached hydrogen (secondary N) is 1. The molecule has 0 aromatic heterocycles. The molecule has 0 aliphatic rings. The third-order valence-electron chi connectivity index (χ3n) is 2.38. The van der Waals surface area contributed by atoms with Gasteiger partial charge in [-0.25, -0.2) is 8.78 Å². The number of ether oxygens (including phenoxy) is 2. The van der Waals surface area contributed by atoms with Crippen LogP contribution >= 0.6 is 0 Å². The highest BCUT2D eigenvalue weighted by molar-refractivity contribution is 5.43. The predicted molar refractivity (Wildman–Crippen MR) is 68.1 cm³/mol. The molecule has 0 radical (unpaired) electrons. The molecule has 2 N–H and O–H groups in total. The SMILES string of the molecule is COCC(C)OCC(O)CNc1cc(F)cc(F)c1. The molecule has 0 fully saturated rings. The van der Waals surface area contributed by atoms with Gasteiger partial charge in [0, 0.05) is 25.4 Å². The van der Waals surface area contributed by atoms with Crippen LogP contribution in [0.4, 0.5) is 14.5 Å². The van der Waals surface area contributed by atoms with Crippen LogP contribution in [0.5, 0.6) is 0 Å². The molecule has 0 saturated heterocycles. The summed E-state index contributed by atoms with van der Waals surface area (Å²) >= 11 is 0. The van der Waals surface area contributed by atoms with Crippen LogP contribution in [0.25, 0.3) is 0 Å². The molecule has 1 aromatic carbocycles. The molecule has 19 heavy (non-hydrogen) atoms. The van der Waals surface area contributed by atoms with Crippen LogP contribution in [-0.2, 0) is 9.47 Å². The first kappa shape index (κ1) is 15.8. The van der Waals surface area contributed by atoms with Crippen molar-refractivity contribution in [2.24, 2.45) is 0 Å². The van der Waals surface area contributed by atoms with Gasteiger partial charge in [0.15, 0.2) is 0 Å². The van der Waals surface area contributed by atoms with Crippen LogP contribution in [0.1, 0.15) is 6.92 Å². The maximum atomic E-state index is 12.9. The predicted octanol–water partition coefficient (Wildman–Crippen LogP) is 1.79. The monoisotopic (exact) mass is 275 g/mol. The molecule has 4 nitrogen and oxygen atoms in total. The summed E-state index contributed by atoms with van der Waals surface area (Å²) in [5.74, 6) is -1.33. The van der Waals surface area contributed by atoms with Crippen molar-refractivity contribution in [2.75, 3.05) is 32.2 Å². The fourth-order valence-corrected chi connectivity index (χ4v) is 1.51. The number of rotatable bonds is 8. The summed E-state index contributed by atoms with van der Waals surface area (Å²) < 4.78 is 36.0. The van der Waals surface area contributed by atoms with Crippen LogP contribution in [0, 0.1) is 11.6 Å². The van der Waals surface area contributed by atoms with Crippen LogP contribution in [-0.4, -0.2) is 44.2 Å². The zero-order chi connectivity index (χ0) is 14.3. The van der Waals surface area contributed by atoms with Gasteiger partial charge >= 0.3 is 0 Å². The minimum Gasteiger partial charge on any atom is -0.389 e. The van der Waals surface area contributed by atoms with Crippen molar-refractivity contribution in [3.8, 4) is 0 Å². The quantitative estimate of drug-likeness (QED) is 0.759. The third-order valence-corrected chi connectivity index (χ3v) is 2.38. The van der Waals surface area contributed by atoms with Gasteiger partial charge in [0.2, 0.25) is 0 Å². The molecule has 0 aliphatic carbocycles. The van der Waals surface area contributed by atoms with Crippen molar-refractivity contribution in [3.63, 3.8) is 0 Å². The molecule has 2 unspecified atom stereocenters. The molecule has 0 heterocycles. The number of methoxy groups -OCH3 is 1. The van der Waals surface area contributed by atoms with E-state index in [9.17, 15) is 13.9 Å². The Balaban J connectivity index is 2.31. The van der Waals surface area contributed by atoms with Crippen molar-refractivity contribution in [1.29, 1.82) is 0 Å². The highest BCUT2D eigenvalue weighted by Crippen LogP contribution is 2.12. The van der Waals surface area contributed by atoms with Gasteiger partial charge in [0.1, 0.15) is 11.6 Å². The summed E-state index contributed by atoms with van der Waals surface area (Å²) in [6, 6.07) is 3.10. The third kappa shape index (κ3) is 6.47. The van der Waals surface area contributed by atoms with Gasteiger partial charge in [-0.05, 0) is 19.1 Å². The van der Waals surface area contributed by atoms with E-state index < -0.39 is 17.7 Å². The van der Waals surface area contributed by atoms with Crippen molar-refractivity contribution in [2.45, 2.75) is 19.1 Å². The molecule has 1 rings (SSSR count). The summed E-state index contributed by atoms with van der Waals surface area (Å²) in [6.07, 6.45) is -0.892. The zero-order valence-corrected chi connectivity index (χ0v) is 11.0. The van der Waals surface area contributed by atoms with E-state index in [2.05, 4.69) is 5.32 Å². The van der Waals surface area contributed by atoms with Gasteiger partial charge in [-0.1, -0.05) is 0 Å². The van der Waals surface area contributed by atoms with Crippen LogP contribution in [0.2, 0.25) is 0 Å². The number of aliphatic hydroxyl groups excluding tert-OH is 1. The smallest absolute Gasteiger partial charge is 0.128 e. The van der Waals surface area contributed by atoms with Gasteiger partial charge in [0.25, 0.3) is 0 Å². The topological polar surface area (TPSA) is 50.7 Å². The summed E-state index contributed by atoms with van der Waals surface area (Å²) in [5, 5.41) is 12.4. The Labute approximate surface area is 111 Å². The van der Waals surface area contributed by atoms with Gasteiger partial charge in [-0.15, -0.1) is 0 Å². The average Bonchev–Trinajstić information content (AvgIpc) is 2.33. The molecule has 6 heteroatoms. The maximum Gasteiger partial charge on any atom is 0.128 e. The molecule has 0 saturated carbocycles. The Morgan fingerprint density at radius 3 is 2.42 bits per heavy atom. The Morgan fingerprint density at radius 2 is 1.84 bits per heavy atom. The lowest BCUT2D eigenvalue weighted by Gasteiger charge is -2.16. The number of hydrogen-bond donors (Lipinski definition) is 2. The van der Waals surface area contributed by atoms with E-state index in [1.807, 2.05) is 6.92 Å². The van der Waals surface area contributed by atoms with Crippen molar-refractivity contribution in [3.05, 3.63) is 29.8 Å². The second-order valence-electron chi connectivity index (χ2n) is 4.29. The molecule has 0 bridgehead atoms. The van der Waals surface area contributed by atoms with Gasteiger partial charge in [-0.2, -0.15) is 0 Å². The van der Waals surface area contributed by atoms with E-state index in [0.717, 1.165) is 18.2 Å². The summed E-state index contributed by atoms with van der Waals surface area (Å²) in [5.41, 5.74) is 0.279. The minimum atomic E-state index is -0.773. The zero-order valence-electron chi connectivity index (χ0n) is 11.0. The first-order valence-electron chi connectivity index (χ1n) is 6.00. The fourth-order valence-electron chi connectivity index (χ4n) is 1.51. The van der Waals surface area contributed by atoms with Gasteiger partial charge in [-0.3, -0.25) is 0 Å². The van der Waals surface area contributed by atoms with E-state index in [1.54, 1.807) is 7.11 Å². The Morgan fingerprint density at radius 1 is 1.21 bits per heavy atom. The minimum absolute atomic E-state index is 0.119. The Kier molecular flexibility index (Phi) is 6.69. The van der Waals surface area contributed by atoms with Crippen molar-refractivity contribution < 1.29 is 23.4 Å². The first-order valence-corrected chi connectivity index (χ1v) is 6.00. The first-order chi connectivity index (χ1) is 9.01. The van der Waals surface area contributed by atoms with E-state index in [1.165, 1.54) is 0 Å². The van der Waals surface area contributed by atoms with Crippen molar-refractivity contribution >= 4 is 5.69 Å². The highest BCUT2D eigenvalue weighted by atomic mass is 19.1. The molecule has 0 aliphatic heterocycles. The number of aliphatic hydroxyl groups is 1. The molecule has 2 atom stereocenters.